The van der Waals surface area contributed by atoms with E-state index in [2.05, 4.69) is 13.0 Å². The summed E-state index contributed by atoms with van der Waals surface area (Å²) in [5.41, 5.74) is 4.24. The molecule has 0 N–H and O–H groups in total. The molecule has 1 aromatic carbocycles. The molecule has 0 aromatic heterocycles. The van der Waals surface area contributed by atoms with Crippen molar-refractivity contribution in [1.29, 1.82) is 0 Å². The third kappa shape index (κ3) is 2.61. The summed E-state index contributed by atoms with van der Waals surface area (Å²) in [7, 11) is 0. The van der Waals surface area contributed by atoms with Gasteiger partial charge in [0, 0.05) is 5.57 Å². The number of hydrogen-bond acceptors (Lipinski definition) is 1. The van der Waals surface area contributed by atoms with E-state index in [9.17, 15) is 4.79 Å². The fourth-order valence-electron chi connectivity index (χ4n) is 2.44. The number of hydrogen-bond donors (Lipinski definition) is 0. The highest BCUT2D eigenvalue weighted by atomic mass is 16.1. The van der Waals surface area contributed by atoms with Crippen molar-refractivity contribution in [3.63, 3.8) is 0 Å². The molecule has 1 heteroatoms. The molecule has 1 aliphatic carbocycles. The van der Waals surface area contributed by atoms with Crippen LogP contribution in [0, 0.1) is 5.92 Å². The fourth-order valence-corrected chi connectivity index (χ4v) is 2.44. The molecule has 0 heterocycles. The van der Waals surface area contributed by atoms with Gasteiger partial charge in [0.15, 0.2) is 5.78 Å². The van der Waals surface area contributed by atoms with E-state index in [0.717, 1.165) is 35.1 Å². The largest absolute Gasteiger partial charge is 0.289 e. The van der Waals surface area contributed by atoms with E-state index < -0.39 is 0 Å². The molecular weight excluding hydrogens is 220 g/mol. The number of carbonyl (C=O) groups excluding carboxylic acids is 1. The zero-order valence-electron chi connectivity index (χ0n) is 11.4. The average molecular weight is 240 g/mol. The molecule has 18 heavy (non-hydrogen) atoms. The summed E-state index contributed by atoms with van der Waals surface area (Å²) in [6.07, 6.45) is 4.05. The summed E-state index contributed by atoms with van der Waals surface area (Å²) < 4.78 is 0. The fraction of sp³-hybridized carbons (Fsp3) is 0.353. The number of Topliss-reactive ketones (excluding diaryl/α,β-unsaturated/α-hetero) is 1. The van der Waals surface area contributed by atoms with Crippen LogP contribution in [-0.4, -0.2) is 5.78 Å². The third-order valence-electron chi connectivity index (χ3n) is 3.62. The van der Waals surface area contributed by atoms with Gasteiger partial charge in [-0.25, -0.2) is 0 Å². The Kier molecular flexibility index (Phi) is 3.81. The molecule has 0 unspecified atom stereocenters. The van der Waals surface area contributed by atoms with E-state index in [1.54, 1.807) is 0 Å². The van der Waals surface area contributed by atoms with Crippen LogP contribution in [0.15, 0.2) is 47.1 Å². The van der Waals surface area contributed by atoms with Gasteiger partial charge in [0.1, 0.15) is 0 Å². The highest BCUT2D eigenvalue weighted by Gasteiger charge is 2.26. The van der Waals surface area contributed by atoms with Crippen molar-refractivity contribution < 1.29 is 4.79 Å². The van der Waals surface area contributed by atoms with Crippen molar-refractivity contribution in [2.75, 3.05) is 0 Å². The van der Waals surface area contributed by atoms with E-state index >= 15 is 0 Å². The van der Waals surface area contributed by atoms with Crippen molar-refractivity contribution in [2.24, 2.45) is 5.92 Å². The zero-order valence-corrected chi connectivity index (χ0v) is 11.4. The number of allylic oxidation sites excluding steroid dienone is 3. The van der Waals surface area contributed by atoms with Gasteiger partial charge in [-0.3, -0.25) is 4.79 Å². The Labute approximate surface area is 109 Å². The lowest BCUT2D eigenvalue weighted by Crippen LogP contribution is -2.20. The van der Waals surface area contributed by atoms with E-state index in [1.165, 1.54) is 0 Å². The molecule has 94 valence electrons. The molecule has 0 spiro atoms. The first-order chi connectivity index (χ1) is 8.59. The van der Waals surface area contributed by atoms with Crippen LogP contribution in [-0.2, 0) is 4.79 Å². The van der Waals surface area contributed by atoms with Gasteiger partial charge in [0.2, 0.25) is 0 Å². The Hall–Kier alpha value is -1.63. The van der Waals surface area contributed by atoms with Crippen LogP contribution in [0.5, 0.6) is 0 Å². The lowest BCUT2D eigenvalue weighted by atomic mass is 9.79. The molecule has 1 saturated carbocycles. The quantitative estimate of drug-likeness (QED) is 0.665. The van der Waals surface area contributed by atoms with Crippen LogP contribution >= 0.6 is 0 Å². The predicted molar refractivity (Wildman–Crippen MR) is 76.2 cm³/mol. The minimum absolute atomic E-state index is 0.248. The highest BCUT2D eigenvalue weighted by Crippen LogP contribution is 2.32. The van der Waals surface area contributed by atoms with Crippen LogP contribution in [0.4, 0.5) is 0 Å². The maximum absolute atomic E-state index is 12.5. The number of rotatable bonds is 1. The zero-order chi connectivity index (χ0) is 13.1. The monoisotopic (exact) mass is 240 g/mol. The maximum Gasteiger partial charge on any atom is 0.185 e. The van der Waals surface area contributed by atoms with E-state index in [0.29, 0.717) is 5.92 Å². The van der Waals surface area contributed by atoms with Crippen LogP contribution in [0.1, 0.15) is 39.2 Å². The summed E-state index contributed by atoms with van der Waals surface area (Å²) in [5.74, 6) is 0.610. The molecule has 1 aliphatic rings. The summed E-state index contributed by atoms with van der Waals surface area (Å²) >= 11 is 0. The second-order valence-electron chi connectivity index (χ2n) is 5.26. The highest BCUT2D eigenvalue weighted by molar-refractivity contribution is 6.12. The Balaban J connectivity index is 2.39. The van der Waals surface area contributed by atoms with E-state index in [4.69, 9.17) is 0 Å². The van der Waals surface area contributed by atoms with E-state index in [1.807, 2.05) is 44.2 Å². The standard InChI is InChI=1S/C17H20O/c1-12(2)15-10-9-13(3)16(17(15)18)11-14-7-5-4-6-8-14/h4-8,11,13H,9-10H2,1-3H3/b16-11+/t13-/m1/s1. The average Bonchev–Trinajstić information content (AvgIpc) is 2.35. The number of carbonyl (C=O) groups is 1. The first kappa shape index (κ1) is 12.8. The van der Waals surface area contributed by atoms with Crippen molar-refractivity contribution in [3.05, 3.63) is 52.6 Å². The molecule has 0 saturated heterocycles. The SMILES string of the molecule is CC(C)=C1CC[C@@H](C)/C(=C\c2ccccc2)C1=O. The maximum atomic E-state index is 12.5. The van der Waals surface area contributed by atoms with Gasteiger partial charge in [0.05, 0.1) is 0 Å². The Morgan fingerprint density at radius 1 is 1.22 bits per heavy atom. The third-order valence-corrected chi connectivity index (χ3v) is 3.62. The molecule has 2 rings (SSSR count). The van der Waals surface area contributed by atoms with Crippen LogP contribution < -0.4 is 0 Å². The lowest BCUT2D eigenvalue weighted by Gasteiger charge is -2.24. The number of benzene rings is 1. The van der Waals surface area contributed by atoms with E-state index in [-0.39, 0.29) is 5.78 Å². The van der Waals surface area contributed by atoms with Crippen LogP contribution in [0.2, 0.25) is 0 Å². The van der Waals surface area contributed by atoms with Gasteiger partial charge in [-0.05, 0) is 49.8 Å². The van der Waals surface area contributed by atoms with Crippen LogP contribution in [0.25, 0.3) is 6.08 Å². The predicted octanol–water partition coefficient (Wildman–Crippen LogP) is 4.41. The molecule has 0 aliphatic heterocycles. The summed E-state index contributed by atoms with van der Waals surface area (Å²) in [5, 5.41) is 0. The first-order valence-corrected chi connectivity index (χ1v) is 6.57. The topological polar surface area (TPSA) is 17.1 Å². The van der Waals surface area contributed by atoms with Crippen molar-refractivity contribution in [2.45, 2.75) is 33.6 Å². The van der Waals surface area contributed by atoms with Crippen molar-refractivity contribution in [3.8, 4) is 0 Å². The molecule has 1 nitrogen and oxygen atoms in total. The molecular formula is C17H20O. The van der Waals surface area contributed by atoms with Gasteiger partial charge in [-0.1, -0.05) is 42.8 Å². The van der Waals surface area contributed by atoms with Crippen LogP contribution in [0.3, 0.4) is 0 Å². The summed E-state index contributed by atoms with van der Waals surface area (Å²) in [6.45, 7) is 6.21. The van der Waals surface area contributed by atoms with Gasteiger partial charge >= 0.3 is 0 Å². The van der Waals surface area contributed by atoms with Gasteiger partial charge in [0.25, 0.3) is 0 Å². The van der Waals surface area contributed by atoms with Gasteiger partial charge in [-0.2, -0.15) is 0 Å². The minimum Gasteiger partial charge on any atom is -0.289 e. The Morgan fingerprint density at radius 3 is 2.50 bits per heavy atom. The van der Waals surface area contributed by atoms with Crippen molar-refractivity contribution >= 4 is 11.9 Å². The molecule has 1 fully saturated rings. The molecule has 0 radical (unpaired) electrons. The first-order valence-electron chi connectivity index (χ1n) is 6.57. The Bertz CT molecular complexity index is 502. The van der Waals surface area contributed by atoms with Gasteiger partial charge in [-0.15, -0.1) is 0 Å². The second kappa shape index (κ2) is 5.34. The molecule has 1 atom stereocenters. The second-order valence-corrected chi connectivity index (χ2v) is 5.26. The molecule has 0 amide bonds. The minimum atomic E-state index is 0.248. The van der Waals surface area contributed by atoms with Gasteiger partial charge < -0.3 is 0 Å². The lowest BCUT2D eigenvalue weighted by molar-refractivity contribution is -0.113. The molecule has 0 bridgehead atoms. The Morgan fingerprint density at radius 2 is 1.89 bits per heavy atom. The summed E-state index contributed by atoms with van der Waals surface area (Å²) in [6, 6.07) is 10.1. The summed E-state index contributed by atoms with van der Waals surface area (Å²) in [4.78, 5) is 12.5. The molecule has 1 aromatic rings. The van der Waals surface area contributed by atoms with Crippen molar-refractivity contribution in [1.82, 2.24) is 0 Å². The normalized spacial score (nSPS) is 22.4. The smallest absolute Gasteiger partial charge is 0.185 e. The number of ketones is 1.